The van der Waals surface area contributed by atoms with Gasteiger partial charge in [0.05, 0.1) is 7.11 Å². The Balaban J connectivity index is 2.35. The van der Waals surface area contributed by atoms with Crippen LogP contribution in [-0.4, -0.2) is 46.0 Å². The van der Waals surface area contributed by atoms with Crippen LogP contribution in [0.25, 0.3) is 0 Å². The Hall–Kier alpha value is -0.820. The van der Waals surface area contributed by atoms with E-state index in [0.717, 1.165) is 6.42 Å². The molecule has 0 saturated carbocycles. The quantitative estimate of drug-likeness (QED) is 0.912. The van der Waals surface area contributed by atoms with Crippen molar-refractivity contribution in [1.82, 2.24) is 9.62 Å². The Morgan fingerprint density at radius 1 is 1.47 bits per heavy atom. The van der Waals surface area contributed by atoms with E-state index in [1.807, 2.05) is 7.05 Å². The van der Waals surface area contributed by atoms with Crippen LogP contribution < -0.4 is 10.1 Å². The zero-order valence-electron chi connectivity index (χ0n) is 10.9. The summed E-state index contributed by atoms with van der Waals surface area (Å²) < 4.78 is 31.7. The second kappa shape index (κ2) is 5.66. The zero-order chi connectivity index (χ0) is 14.0. The van der Waals surface area contributed by atoms with Crippen LogP contribution in [0.4, 0.5) is 0 Å². The van der Waals surface area contributed by atoms with E-state index in [-0.39, 0.29) is 16.7 Å². The first-order valence-electron chi connectivity index (χ1n) is 6.00. The average Bonchev–Trinajstić information content (AvgIpc) is 2.87. The molecule has 1 atom stereocenters. The van der Waals surface area contributed by atoms with Gasteiger partial charge in [-0.1, -0.05) is 11.6 Å². The number of ether oxygens (including phenoxy) is 1. The van der Waals surface area contributed by atoms with Crippen molar-refractivity contribution < 1.29 is 13.2 Å². The van der Waals surface area contributed by atoms with Crippen molar-refractivity contribution >= 4 is 21.6 Å². The molecule has 2 rings (SSSR count). The number of nitrogens with zero attached hydrogens (tertiary/aromatic N) is 1. The van der Waals surface area contributed by atoms with Gasteiger partial charge in [-0.2, -0.15) is 4.31 Å². The average molecular weight is 305 g/mol. The van der Waals surface area contributed by atoms with Crippen LogP contribution in [0.3, 0.4) is 0 Å². The number of methoxy groups -OCH3 is 1. The Morgan fingerprint density at radius 3 is 2.79 bits per heavy atom. The van der Waals surface area contributed by atoms with E-state index in [2.05, 4.69) is 5.32 Å². The maximum atomic E-state index is 12.6. The van der Waals surface area contributed by atoms with Gasteiger partial charge >= 0.3 is 0 Å². The molecule has 1 fully saturated rings. The van der Waals surface area contributed by atoms with Crippen LogP contribution >= 0.6 is 11.6 Å². The van der Waals surface area contributed by atoms with Crippen LogP contribution in [-0.2, 0) is 10.0 Å². The number of nitrogens with one attached hydrogen (secondary N) is 1. The Morgan fingerprint density at radius 2 is 2.21 bits per heavy atom. The molecule has 0 radical (unpaired) electrons. The highest BCUT2D eigenvalue weighted by Crippen LogP contribution is 2.31. The molecule has 1 aromatic carbocycles. The number of hydrogen-bond acceptors (Lipinski definition) is 4. The van der Waals surface area contributed by atoms with Gasteiger partial charge < -0.3 is 10.1 Å². The molecule has 1 aromatic rings. The number of benzene rings is 1. The maximum absolute atomic E-state index is 12.6. The topological polar surface area (TPSA) is 58.6 Å². The second-order valence-electron chi connectivity index (χ2n) is 4.43. The molecule has 5 nitrogen and oxygen atoms in total. The Bertz CT molecular complexity index is 562. The molecule has 1 heterocycles. The van der Waals surface area contributed by atoms with E-state index in [4.69, 9.17) is 16.3 Å². The lowest BCUT2D eigenvalue weighted by Crippen LogP contribution is -2.33. The van der Waals surface area contributed by atoms with E-state index >= 15 is 0 Å². The summed E-state index contributed by atoms with van der Waals surface area (Å²) in [7, 11) is -0.259. The van der Waals surface area contributed by atoms with Gasteiger partial charge in [-0.25, -0.2) is 8.42 Å². The molecule has 7 heteroatoms. The minimum atomic E-state index is -3.53. The van der Waals surface area contributed by atoms with Gasteiger partial charge in [-0.15, -0.1) is 0 Å². The van der Waals surface area contributed by atoms with Crippen LogP contribution in [0, 0.1) is 0 Å². The van der Waals surface area contributed by atoms with Crippen molar-refractivity contribution in [2.24, 2.45) is 0 Å². The zero-order valence-corrected chi connectivity index (χ0v) is 12.5. The number of hydrogen-bond donors (Lipinski definition) is 1. The number of sulfonamides is 1. The third-order valence-corrected chi connectivity index (χ3v) is 5.44. The van der Waals surface area contributed by atoms with Crippen LogP contribution in [0.2, 0.25) is 5.02 Å². The van der Waals surface area contributed by atoms with Gasteiger partial charge in [0.25, 0.3) is 0 Å². The van der Waals surface area contributed by atoms with Gasteiger partial charge in [0, 0.05) is 30.2 Å². The summed E-state index contributed by atoms with van der Waals surface area (Å²) in [4.78, 5) is 0.163. The molecule has 1 aliphatic rings. The van der Waals surface area contributed by atoms with Crippen molar-refractivity contribution in [2.45, 2.75) is 17.4 Å². The third-order valence-electron chi connectivity index (χ3n) is 3.30. The van der Waals surface area contributed by atoms with Crippen LogP contribution in [0.1, 0.15) is 6.42 Å². The van der Waals surface area contributed by atoms with Crippen molar-refractivity contribution in [3.63, 3.8) is 0 Å². The van der Waals surface area contributed by atoms with Gasteiger partial charge in [-0.05, 0) is 25.6 Å². The van der Waals surface area contributed by atoms with Crippen molar-refractivity contribution in [1.29, 1.82) is 0 Å². The largest absolute Gasteiger partial charge is 0.495 e. The highest BCUT2D eigenvalue weighted by Gasteiger charge is 2.33. The first-order valence-corrected chi connectivity index (χ1v) is 7.82. The SMILES string of the molecule is CNC1CCN(S(=O)(=O)c2ccc(Cl)cc2OC)C1. The summed E-state index contributed by atoms with van der Waals surface area (Å²) in [5.41, 5.74) is 0. The molecule has 19 heavy (non-hydrogen) atoms. The van der Waals surface area contributed by atoms with Gasteiger partial charge in [-0.3, -0.25) is 0 Å². The van der Waals surface area contributed by atoms with Gasteiger partial charge in [0.15, 0.2) is 0 Å². The third kappa shape index (κ3) is 2.86. The molecule has 0 aliphatic carbocycles. The summed E-state index contributed by atoms with van der Waals surface area (Å²) in [6.07, 6.45) is 0.811. The first kappa shape index (κ1) is 14.6. The first-order chi connectivity index (χ1) is 8.98. The molecule has 0 bridgehead atoms. The Kier molecular flexibility index (Phi) is 4.35. The summed E-state index contributed by atoms with van der Waals surface area (Å²) >= 11 is 5.85. The summed E-state index contributed by atoms with van der Waals surface area (Å²) in [5, 5.41) is 3.55. The molecule has 1 saturated heterocycles. The van der Waals surface area contributed by atoms with E-state index in [9.17, 15) is 8.42 Å². The lowest BCUT2D eigenvalue weighted by molar-refractivity contribution is 0.397. The van der Waals surface area contributed by atoms with E-state index in [1.54, 1.807) is 6.07 Å². The molecule has 0 spiro atoms. The summed E-state index contributed by atoms with van der Waals surface area (Å²) in [5.74, 6) is 0.278. The predicted molar refractivity (Wildman–Crippen MR) is 74.2 cm³/mol. The van der Waals surface area contributed by atoms with E-state index < -0.39 is 10.0 Å². The standard InChI is InChI=1S/C12H17ClN2O3S/c1-14-10-5-6-15(8-10)19(16,17)12-4-3-9(13)7-11(12)18-2/h3-4,7,10,14H,5-6,8H2,1-2H3. The normalized spacial score (nSPS) is 20.7. The Labute approximate surface area is 118 Å². The second-order valence-corrected chi connectivity index (χ2v) is 6.78. The smallest absolute Gasteiger partial charge is 0.246 e. The van der Waals surface area contributed by atoms with Crippen LogP contribution in [0.5, 0.6) is 5.75 Å². The molecule has 1 N–H and O–H groups in total. The molecular formula is C12H17ClN2O3S. The fourth-order valence-electron chi connectivity index (χ4n) is 2.18. The van der Waals surface area contributed by atoms with Gasteiger partial charge in [0.2, 0.25) is 10.0 Å². The minimum absolute atomic E-state index is 0.163. The molecule has 106 valence electrons. The van der Waals surface area contributed by atoms with Gasteiger partial charge in [0.1, 0.15) is 10.6 Å². The highest BCUT2D eigenvalue weighted by atomic mass is 35.5. The van der Waals surface area contributed by atoms with Crippen molar-refractivity contribution in [3.05, 3.63) is 23.2 Å². The molecule has 0 amide bonds. The number of halogens is 1. The summed E-state index contributed by atoms with van der Waals surface area (Å²) in [6, 6.07) is 4.76. The number of likely N-dealkylation sites (N-methyl/N-ethyl adjacent to an activating group) is 1. The highest BCUT2D eigenvalue weighted by molar-refractivity contribution is 7.89. The predicted octanol–water partition coefficient (Wildman–Crippen LogP) is 1.33. The fraction of sp³-hybridized carbons (Fsp3) is 0.500. The number of rotatable bonds is 4. The van der Waals surface area contributed by atoms with Crippen molar-refractivity contribution in [3.8, 4) is 5.75 Å². The monoisotopic (exact) mass is 304 g/mol. The fourth-order valence-corrected chi connectivity index (χ4v) is 3.97. The van der Waals surface area contributed by atoms with Crippen molar-refractivity contribution in [2.75, 3.05) is 27.2 Å². The molecular weight excluding hydrogens is 288 g/mol. The van der Waals surface area contributed by atoms with E-state index in [0.29, 0.717) is 18.1 Å². The lowest BCUT2D eigenvalue weighted by Gasteiger charge is -2.18. The van der Waals surface area contributed by atoms with E-state index in [1.165, 1.54) is 23.5 Å². The lowest BCUT2D eigenvalue weighted by atomic mass is 10.3. The summed E-state index contributed by atoms with van der Waals surface area (Å²) in [6.45, 7) is 0.990. The minimum Gasteiger partial charge on any atom is -0.495 e. The molecule has 0 aromatic heterocycles. The molecule has 1 unspecified atom stereocenters. The van der Waals surface area contributed by atoms with Crippen LogP contribution in [0.15, 0.2) is 23.1 Å². The maximum Gasteiger partial charge on any atom is 0.246 e. The molecule has 1 aliphatic heterocycles.